The highest BCUT2D eigenvalue weighted by atomic mass is 16.5. The van der Waals surface area contributed by atoms with Gasteiger partial charge in [0, 0.05) is 24.6 Å². The third-order valence-electron chi connectivity index (χ3n) is 4.30. The average molecular weight is 362 g/mol. The molecule has 0 spiro atoms. The van der Waals surface area contributed by atoms with Crippen molar-refractivity contribution in [2.24, 2.45) is 0 Å². The Labute approximate surface area is 155 Å². The number of fused-ring (bicyclic) bond motifs is 1. The lowest BCUT2D eigenvalue weighted by atomic mass is 10.1. The van der Waals surface area contributed by atoms with Crippen LogP contribution in [0.15, 0.2) is 57.6 Å². The number of hydrogen-bond donors (Lipinski definition) is 0. The Hall–Kier alpha value is -3.48. The molecule has 0 bridgehead atoms. The van der Waals surface area contributed by atoms with Crippen LogP contribution in [0.25, 0.3) is 22.2 Å². The fraction of sp³-hybridized carbons (Fsp3) is 0.200. The Morgan fingerprint density at radius 3 is 2.63 bits per heavy atom. The largest absolute Gasteiger partial charge is 0.355 e. The first-order valence-corrected chi connectivity index (χ1v) is 8.67. The van der Waals surface area contributed by atoms with Crippen molar-refractivity contribution in [2.45, 2.75) is 19.9 Å². The zero-order valence-electron chi connectivity index (χ0n) is 15.0. The maximum absolute atomic E-state index is 12.8. The first kappa shape index (κ1) is 17.0. The Bertz CT molecular complexity index is 1090. The molecule has 0 unspecified atom stereocenters. The summed E-state index contributed by atoms with van der Waals surface area (Å²) in [4.78, 5) is 18.6. The molecule has 2 aromatic carbocycles. The Morgan fingerprint density at radius 1 is 1.07 bits per heavy atom. The van der Waals surface area contributed by atoms with Crippen molar-refractivity contribution < 1.29 is 13.8 Å². The first-order chi connectivity index (χ1) is 13.2. The van der Waals surface area contributed by atoms with E-state index in [1.165, 1.54) is 0 Å². The number of benzene rings is 2. The average Bonchev–Trinajstić information content (AvgIpc) is 3.34. The number of aryl methyl sites for hydroxylation is 1. The lowest BCUT2D eigenvalue weighted by Crippen LogP contribution is -2.26. The van der Waals surface area contributed by atoms with Gasteiger partial charge in [-0.3, -0.25) is 4.79 Å². The zero-order chi connectivity index (χ0) is 18.8. The Morgan fingerprint density at radius 2 is 1.89 bits per heavy atom. The predicted octanol–water partition coefficient (Wildman–Crippen LogP) is 3.71. The summed E-state index contributed by atoms with van der Waals surface area (Å²) in [6.45, 7) is 2.20. The molecule has 27 heavy (non-hydrogen) atoms. The molecule has 7 heteroatoms. The predicted molar refractivity (Wildman–Crippen MR) is 98.9 cm³/mol. The van der Waals surface area contributed by atoms with Crippen LogP contribution in [0.3, 0.4) is 0 Å². The molecule has 0 aliphatic rings. The number of hydrogen-bond acceptors (Lipinski definition) is 6. The van der Waals surface area contributed by atoms with Gasteiger partial charge in [0.2, 0.25) is 5.89 Å². The van der Waals surface area contributed by atoms with Gasteiger partial charge < -0.3 is 13.9 Å². The second kappa shape index (κ2) is 7.03. The SMILES string of the molecule is CCc1noc(CN(C)C(=O)c2ccc3noc(-c4ccccc4)c3c2)n1. The topological polar surface area (TPSA) is 85.3 Å². The van der Waals surface area contributed by atoms with Gasteiger partial charge in [0.05, 0.1) is 11.9 Å². The summed E-state index contributed by atoms with van der Waals surface area (Å²) in [6, 6.07) is 15.0. The minimum absolute atomic E-state index is 0.145. The Kier molecular flexibility index (Phi) is 4.42. The van der Waals surface area contributed by atoms with Gasteiger partial charge >= 0.3 is 0 Å². The van der Waals surface area contributed by atoms with Gasteiger partial charge in [-0.25, -0.2) is 0 Å². The highest BCUT2D eigenvalue weighted by molar-refractivity contribution is 6.00. The number of amides is 1. The maximum atomic E-state index is 12.8. The van der Waals surface area contributed by atoms with Crippen LogP contribution in [-0.4, -0.2) is 33.2 Å². The molecule has 0 fully saturated rings. The molecule has 0 aliphatic carbocycles. The van der Waals surface area contributed by atoms with Crippen LogP contribution in [0.4, 0.5) is 0 Å². The molecule has 2 heterocycles. The van der Waals surface area contributed by atoms with Gasteiger partial charge in [-0.1, -0.05) is 47.6 Å². The number of rotatable bonds is 5. The second-order valence-electron chi connectivity index (χ2n) is 6.23. The van der Waals surface area contributed by atoms with Crippen LogP contribution in [0.5, 0.6) is 0 Å². The minimum Gasteiger partial charge on any atom is -0.355 e. The van der Waals surface area contributed by atoms with E-state index in [2.05, 4.69) is 15.3 Å². The van der Waals surface area contributed by atoms with E-state index < -0.39 is 0 Å². The summed E-state index contributed by atoms with van der Waals surface area (Å²) in [5.41, 5.74) is 2.16. The van der Waals surface area contributed by atoms with Crippen molar-refractivity contribution in [1.82, 2.24) is 20.2 Å². The smallest absolute Gasteiger partial charge is 0.254 e. The lowest BCUT2D eigenvalue weighted by Gasteiger charge is -2.14. The van der Waals surface area contributed by atoms with Gasteiger partial charge in [0.1, 0.15) is 5.52 Å². The van der Waals surface area contributed by atoms with Crippen LogP contribution >= 0.6 is 0 Å². The molecule has 2 aromatic heterocycles. The van der Waals surface area contributed by atoms with Crippen molar-refractivity contribution in [2.75, 3.05) is 7.05 Å². The molecule has 7 nitrogen and oxygen atoms in total. The van der Waals surface area contributed by atoms with E-state index in [0.717, 1.165) is 10.9 Å². The highest BCUT2D eigenvalue weighted by Gasteiger charge is 2.18. The monoisotopic (exact) mass is 362 g/mol. The van der Waals surface area contributed by atoms with Crippen LogP contribution in [-0.2, 0) is 13.0 Å². The van der Waals surface area contributed by atoms with E-state index in [-0.39, 0.29) is 12.5 Å². The van der Waals surface area contributed by atoms with E-state index in [1.54, 1.807) is 30.1 Å². The third kappa shape index (κ3) is 3.31. The summed E-state index contributed by atoms with van der Waals surface area (Å²) in [5.74, 6) is 1.55. The first-order valence-electron chi connectivity index (χ1n) is 8.67. The molecule has 0 N–H and O–H groups in total. The van der Waals surface area contributed by atoms with Crippen molar-refractivity contribution >= 4 is 16.8 Å². The summed E-state index contributed by atoms with van der Waals surface area (Å²) < 4.78 is 10.7. The van der Waals surface area contributed by atoms with Crippen LogP contribution in [0.2, 0.25) is 0 Å². The number of aromatic nitrogens is 3. The molecule has 0 atom stereocenters. The molecule has 0 aliphatic heterocycles. The molecule has 0 saturated carbocycles. The quantitative estimate of drug-likeness (QED) is 0.538. The van der Waals surface area contributed by atoms with Crippen molar-refractivity contribution in [3.63, 3.8) is 0 Å². The Balaban J connectivity index is 1.62. The van der Waals surface area contributed by atoms with E-state index in [9.17, 15) is 4.79 Å². The second-order valence-corrected chi connectivity index (χ2v) is 6.23. The van der Waals surface area contributed by atoms with Crippen molar-refractivity contribution in [3.8, 4) is 11.3 Å². The molecule has 136 valence electrons. The third-order valence-corrected chi connectivity index (χ3v) is 4.30. The molecule has 0 radical (unpaired) electrons. The van der Waals surface area contributed by atoms with Crippen LogP contribution < -0.4 is 0 Å². The summed E-state index contributed by atoms with van der Waals surface area (Å²) in [7, 11) is 1.70. The molecule has 4 rings (SSSR count). The fourth-order valence-corrected chi connectivity index (χ4v) is 2.87. The van der Waals surface area contributed by atoms with Gasteiger partial charge in [0.25, 0.3) is 5.91 Å². The summed E-state index contributed by atoms with van der Waals surface area (Å²) >= 11 is 0. The summed E-state index contributed by atoms with van der Waals surface area (Å²) in [6.07, 6.45) is 0.688. The number of nitrogens with zero attached hydrogens (tertiary/aromatic N) is 4. The van der Waals surface area contributed by atoms with E-state index in [4.69, 9.17) is 9.05 Å². The van der Waals surface area contributed by atoms with E-state index >= 15 is 0 Å². The van der Waals surface area contributed by atoms with Gasteiger partial charge in [-0.15, -0.1) is 0 Å². The van der Waals surface area contributed by atoms with Crippen molar-refractivity contribution in [3.05, 3.63) is 65.8 Å². The summed E-state index contributed by atoms with van der Waals surface area (Å²) in [5, 5.41) is 8.74. The van der Waals surface area contributed by atoms with Gasteiger partial charge in [-0.2, -0.15) is 4.98 Å². The normalized spacial score (nSPS) is 11.0. The number of carbonyl (C=O) groups excluding carboxylic acids is 1. The zero-order valence-corrected chi connectivity index (χ0v) is 15.0. The fourth-order valence-electron chi connectivity index (χ4n) is 2.87. The minimum atomic E-state index is -0.145. The maximum Gasteiger partial charge on any atom is 0.254 e. The van der Waals surface area contributed by atoms with Crippen molar-refractivity contribution in [1.29, 1.82) is 0 Å². The standard InChI is InChI=1S/C20H18N4O3/c1-3-17-21-18(26-23-17)12-24(2)20(25)14-9-10-16-15(11-14)19(27-22-16)13-7-5-4-6-8-13/h4-11H,3,12H2,1-2H3. The van der Waals surface area contributed by atoms with Gasteiger partial charge in [-0.05, 0) is 18.2 Å². The van der Waals surface area contributed by atoms with Crippen LogP contribution in [0, 0.1) is 0 Å². The molecular formula is C20H18N4O3. The number of carbonyl (C=O) groups is 1. The molecule has 1 amide bonds. The molecule has 4 aromatic rings. The molecule has 0 saturated heterocycles. The lowest BCUT2D eigenvalue weighted by molar-refractivity contribution is 0.0769. The van der Waals surface area contributed by atoms with Gasteiger partial charge in [0.15, 0.2) is 11.6 Å². The molecular weight excluding hydrogens is 344 g/mol. The highest BCUT2D eigenvalue weighted by Crippen LogP contribution is 2.29. The van der Waals surface area contributed by atoms with E-state index in [0.29, 0.717) is 35.0 Å². The van der Waals surface area contributed by atoms with Crippen LogP contribution in [0.1, 0.15) is 29.0 Å². The van der Waals surface area contributed by atoms with E-state index in [1.807, 2.05) is 37.3 Å².